The molecule has 0 radical (unpaired) electrons. The summed E-state index contributed by atoms with van der Waals surface area (Å²) in [5, 5.41) is 5.86. The number of hydrogen-bond donors (Lipinski definition) is 2. The Balaban J connectivity index is 3.44. The van der Waals surface area contributed by atoms with Gasteiger partial charge in [-0.05, 0) is 58.9 Å². The zero-order valence-electron chi connectivity index (χ0n) is 24.0. The first-order chi connectivity index (χ1) is 16.8. The van der Waals surface area contributed by atoms with Gasteiger partial charge in [-0.3, -0.25) is 9.59 Å². The van der Waals surface area contributed by atoms with Gasteiger partial charge in [-0.1, -0.05) is 76.3 Å². The molecule has 1 aromatic rings. The van der Waals surface area contributed by atoms with Gasteiger partial charge in [0.15, 0.2) is 0 Å². The van der Waals surface area contributed by atoms with Crippen LogP contribution in [-0.4, -0.2) is 47.5 Å². The van der Waals surface area contributed by atoms with Crippen molar-refractivity contribution in [2.24, 2.45) is 5.92 Å². The standard InChI is InChI=1S/C29H49N3O4/c1-10-13-14-15-30-26(33)25(23-18-20(4)17-21(5)19-23)32(16-11-2)27(34)24(22(6)12-3)31-28(35)36-29(7,8)9/h17-19,22,24-25H,10-16H2,1-9H3,(H,30,33)(H,31,35). The number of benzene rings is 1. The Morgan fingerprint density at radius 1 is 0.972 bits per heavy atom. The van der Waals surface area contributed by atoms with E-state index in [0.717, 1.165) is 36.0 Å². The van der Waals surface area contributed by atoms with Gasteiger partial charge in [0.2, 0.25) is 11.8 Å². The van der Waals surface area contributed by atoms with Crippen LogP contribution >= 0.6 is 0 Å². The SMILES string of the molecule is CCCCCNC(=O)C(c1cc(C)cc(C)c1)N(CCC)C(=O)C(NC(=O)OC(C)(C)C)C(C)CC. The molecule has 2 N–H and O–H groups in total. The molecule has 0 saturated heterocycles. The summed E-state index contributed by atoms with van der Waals surface area (Å²) in [6.45, 7) is 18.3. The van der Waals surface area contributed by atoms with Crippen LogP contribution in [0.3, 0.4) is 0 Å². The number of aryl methyl sites for hydroxylation is 2. The maximum Gasteiger partial charge on any atom is 0.408 e. The Kier molecular flexibility index (Phi) is 13.0. The average molecular weight is 504 g/mol. The molecule has 0 aromatic heterocycles. The monoisotopic (exact) mass is 503 g/mol. The highest BCUT2D eigenvalue weighted by Crippen LogP contribution is 2.26. The Morgan fingerprint density at radius 3 is 2.08 bits per heavy atom. The third-order valence-electron chi connectivity index (χ3n) is 6.10. The quantitative estimate of drug-likeness (QED) is 0.332. The zero-order chi connectivity index (χ0) is 27.5. The molecule has 0 aliphatic carbocycles. The molecule has 0 fully saturated rings. The summed E-state index contributed by atoms with van der Waals surface area (Å²) in [4.78, 5) is 42.0. The zero-order valence-corrected chi connectivity index (χ0v) is 24.0. The van der Waals surface area contributed by atoms with E-state index in [4.69, 9.17) is 4.74 Å². The minimum atomic E-state index is -0.808. The Labute approximate surface area is 218 Å². The van der Waals surface area contributed by atoms with Crippen molar-refractivity contribution in [3.05, 3.63) is 34.9 Å². The van der Waals surface area contributed by atoms with Gasteiger partial charge in [0.25, 0.3) is 0 Å². The van der Waals surface area contributed by atoms with Crippen LogP contribution in [0.1, 0.15) is 103 Å². The first kappa shape index (κ1) is 31.5. The molecule has 3 amide bonds. The lowest BCUT2D eigenvalue weighted by Crippen LogP contribution is -2.55. The third-order valence-corrected chi connectivity index (χ3v) is 6.10. The molecule has 0 saturated carbocycles. The largest absolute Gasteiger partial charge is 0.444 e. The molecule has 0 aliphatic heterocycles. The van der Waals surface area contributed by atoms with Crippen LogP contribution in [0.5, 0.6) is 0 Å². The number of nitrogens with one attached hydrogen (secondary N) is 2. The number of alkyl carbamates (subject to hydrolysis) is 1. The second-order valence-electron chi connectivity index (χ2n) is 10.9. The van der Waals surface area contributed by atoms with Gasteiger partial charge in [-0.25, -0.2) is 4.79 Å². The fourth-order valence-electron chi connectivity index (χ4n) is 4.23. The summed E-state index contributed by atoms with van der Waals surface area (Å²) in [5.41, 5.74) is 2.16. The van der Waals surface area contributed by atoms with Crippen LogP contribution in [0.25, 0.3) is 0 Å². The van der Waals surface area contributed by atoms with Crippen LogP contribution in [0.2, 0.25) is 0 Å². The molecule has 1 aromatic carbocycles. The van der Waals surface area contributed by atoms with Crippen LogP contribution in [0.15, 0.2) is 18.2 Å². The Bertz CT molecular complexity index is 842. The Morgan fingerprint density at radius 2 is 1.58 bits per heavy atom. The van der Waals surface area contributed by atoms with E-state index in [1.807, 2.05) is 46.8 Å². The summed E-state index contributed by atoms with van der Waals surface area (Å²) < 4.78 is 5.45. The molecular weight excluding hydrogens is 454 g/mol. The molecule has 1 rings (SSSR count). The van der Waals surface area contributed by atoms with Gasteiger partial charge in [0.1, 0.15) is 17.7 Å². The molecule has 3 unspecified atom stereocenters. The highest BCUT2D eigenvalue weighted by molar-refractivity contribution is 5.92. The number of unbranched alkanes of at least 4 members (excludes halogenated alkanes) is 2. The Hall–Kier alpha value is -2.57. The van der Waals surface area contributed by atoms with Crippen molar-refractivity contribution in [2.45, 2.75) is 112 Å². The highest BCUT2D eigenvalue weighted by atomic mass is 16.6. The van der Waals surface area contributed by atoms with E-state index in [-0.39, 0.29) is 17.7 Å². The van der Waals surface area contributed by atoms with E-state index in [1.54, 1.807) is 25.7 Å². The molecule has 7 nitrogen and oxygen atoms in total. The summed E-state index contributed by atoms with van der Waals surface area (Å²) in [6, 6.07) is 4.40. The van der Waals surface area contributed by atoms with E-state index >= 15 is 0 Å². The first-order valence-corrected chi connectivity index (χ1v) is 13.5. The van der Waals surface area contributed by atoms with Crippen molar-refractivity contribution >= 4 is 17.9 Å². The van der Waals surface area contributed by atoms with Crippen LogP contribution < -0.4 is 10.6 Å². The lowest BCUT2D eigenvalue weighted by molar-refractivity contribution is -0.143. The topological polar surface area (TPSA) is 87.7 Å². The van der Waals surface area contributed by atoms with E-state index in [2.05, 4.69) is 23.6 Å². The van der Waals surface area contributed by atoms with Gasteiger partial charge in [0, 0.05) is 13.1 Å². The summed E-state index contributed by atoms with van der Waals surface area (Å²) in [7, 11) is 0. The summed E-state index contributed by atoms with van der Waals surface area (Å²) >= 11 is 0. The van der Waals surface area contributed by atoms with E-state index in [1.165, 1.54) is 0 Å². The fraction of sp³-hybridized carbons (Fsp3) is 0.690. The first-order valence-electron chi connectivity index (χ1n) is 13.5. The number of carbonyl (C=O) groups is 3. The number of ether oxygens (including phenoxy) is 1. The minimum absolute atomic E-state index is 0.142. The lowest BCUT2D eigenvalue weighted by Gasteiger charge is -2.36. The van der Waals surface area contributed by atoms with Gasteiger partial charge < -0.3 is 20.3 Å². The maximum atomic E-state index is 14.1. The van der Waals surface area contributed by atoms with Crippen LogP contribution in [-0.2, 0) is 14.3 Å². The molecule has 36 heavy (non-hydrogen) atoms. The molecule has 204 valence electrons. The summed E-state index contributed by atoms with van der Waals surface area (Å²) in [6.07, 6.45) is 3.70. The molecule has 7 heteroatoms. The number of amides is 3. The van der Waals surface area contributed by atoms with Gasteiger partial charge >= 0.3 is 6.09 Å². The molecule has 0 heterocycles. The van der Waals surface area contributed by atoms with Gasteiger partial charge in [-0.15, -0.1) is 0 Å². The smallest absolute Gasteiger partial charge is 0.408 e. The number of rotatable bonds is 13. The van der Waals surface area contributed by atoms with Gasteiger partial charge in [-0.2, -0.15) is 0 Å². The van der Waals surface area contributed by atoms with Crippen LogP contribution in [0, 0.1) is 19.8 Å². The third kappa shape index (κ3) is 10.2. The molecule has 0 bridgehead atoms. The maximum absolute atomic E-state index is 14.1. The second kappa shape index (κ2) is 14.9. The van der Waals surface area contributed by atoms with Crippen molar-refractivity contribution in [3.8, 4) is 0 Å². The van der Waals surface area contributed by atoms with E-state index < -0.39 is 23.8 Å². The average Bonchev–Trinajstić information content (AvgIpc) is 2.77. The van der Waals surface area contributed by atoms with Crippen molar-refractivity contribution in [1.29, 1.82) is 0 Å². The van der Waals surface area contributed by atoms with E-state index in [0.29, 0.717) is 25.9 Å². The van der Waals surface area contributed by atoms with E-state index in [9.17, 15) is 14.4 Å². The predicted octanol–water partition coefficient (Wildman–Crippen LogP) is 5.83. The molecular formula is C29H49N3O4. The molecule has 0 aliphatic rings. The number of hydrogen-bond acceptors (Lipinski definition) is 4. The van der Waals surface area contributed by atoms with Crippen molar-refractivity contribution in [3.63, 3.8) is 0 Å². The normalized spacial score (nSPS) is 13.9. The minimum Gasteiger partial charge on any atom is -0.444 e. The predicted molar refractivity (Wildman–Crippen MR) is 146 cm³/mol. The van der Waals surface area contributed by atoms with Gasteiger partial charge in [0.05, 0.1) is 0 Å². The van der Waals surface area contributed by atoms with Crippen molar-refractivity contribution in [1.82, 2.24) is 15.5 Å². The number of carbonyl (C=O) groups excluding carboxylic acids is 3. The molecule has 0 spiro atoms. The molecule has 3 atom stereocenters. The highest BCUT2D eigenvalue weighted by Gasteiger charge is 2.37. The second-order valence-corrected chi connectivity index (χ2v) is 10.9. The van der Waals surface area contributed by atoms with Crippen molar-refractivity contribution in [2.75, 3.05) is 13.1 Å². The van der Waals surface area contributed by atoms with Crippen molar-refractivity contribution < 1.29 is 19.1 Å². The number of nitrogens with zero attached hydrogens (tertiary/aromatic N) is 1. The van der Waals surface area contributed by atoms with Crippen LogP contribution in [0.4, 0.5) is 4.79 Å². The summed E-state index contributed by atoms with van der Waals surface area (Å²) in [5.74, 6) is -0.611. The fourth-order valence-corrected chi connectivity index (χ4v) is 4.23. The lowest BCUT2D eigenvalue weighted by atomic mass is 9.94.